The summed E-state index contributed by atoms with van der Waals surface area (Å²) in [5.41, 5.74) is 4.27. The zero-order chi connectivity index (χ0) is 18.1. The van der Waals surface area contributed by atoms with E-state index in [1.54, 1.807) is 0 Å². The summed E-state index contributed by atoms with van der Waals surface area (Å²) in [5.74, 6) is 1.74. The van der Waals surface area contributed by atoms with E-state index < -0.39 is 0 Å². The number of piperidine rings is 2. The first-order chi connectivity index (χ1) is 12.6. The average molecular weight is 354 g/mol. The molecule has 5 nitrogen and oxygen atoms in total. The van der Waals surface area contributed by atoms with Crippen LogP contribution in [0.1, 0.15) is 48.6 Å². The Morgan fingerprint density at radius 2 is 1.69 bits per heavy atom. The Morgan fingerprint density at radius 1 is 0.962 bits per heavy atom. The third kappa shape index (κ3) is 3.37. The highest BCUT2D eigenvalue weighted by Gasteiger charge is 2.30. The monoisotopic (exact) mass is 353 g/mol. The lowest BCUT2D eigenvalue weighted by atomic mass is 9.92. The molecule has 2 aromatic rings. The second-order valence-corrected chi connectivity index (χ2v) is 8.05. The molecule has 2 saturated heterocycles. The van der Waals surface area contributed by atoms with E-state index in [4.69, 9.17) is 0 Å². The molecule has 1 aromatic heterocycles. The number of hydrogen-bond acceptors (Lipinski definition) is 4. The number of rotatable bonds is 3. The van der Waals surface area contributed by atoms with Gasteiger partial charge in [0.05, 0.1) is 0 Å². The van der Waals surface area contributed by atoms with Crippen molar-refractivity contribution in [1.82, 2.24) is 19.7 Å². The summed E-state index contributed by atoms with van der Waals surface area (Å²) in [6.07, 6.45) is 6.81. The van der Waals surface area contributed by atoms with E-state index in [0.717, 1.165) is 11.9 Å². The zero-order valence-corrected chi connectivity index (χ0v) is 16.4. The molecule has 0 radical (unpaired) electrons. The van der Waals surface area contributed by atoms with Gasteiger partial charge in [0.15, 0.2) is 0 Å². The van der Waals surface area contributed by atoms with Gasteiger partial charge in [0, 0.05) is 37.8 Å². The quantitative estimate of drug-likeness (QED) is 0.849. The van der Waals surface area contributed by atoms with Crippen molar-refractivity contribution in [3.8, 4) is 0 Å². The van der Waals surface area contributed by atoms with Crippen LogP contribution in [0.2, 0.25) is 0 Å². The van der Waals surface area contributed by atoms with Crippen molar-refractivity contribution in [2.24, 2.45) is 7.05 Å². The van der Waals surface area contributed by atoms with Crippen LogP contribution in [0, 0.1) is 13.8 Å². The number of likely N-dealkylation sites (tertiary alicyclic amines) is 1. The summed E-state index contributed by atoms with van der Waals surface area (Å²) >= 11 is 0. The fourth-order valence-electron chi connectivity index (χ4n) is 4.73. The number of anilines is 1. The summed E-state index contributed by atoms with van der Waals surface area (Å²) in [6, 6.07) is 7.44. The molecule has 0 bridgehead atoms. The SMILES string of the molecule is Cc1cccc(N2CCC(N3CCC(c4nncn4C)CC3)CC2)c1C. The Bertz CT molecular complexity index is 737. The van der Waals surface area contributed by atoms with Crippen LogP contribution in [0.3, 0.4) is 0 Å². The molecule has 0 unspecified atom stereocenters. The fourth-order valence-corrected chi connectivity index (χ4v) is 4.73. The first-order valence-corrected chi connectivity index (χ1v) is 10.0. The van der Waals surface area contributed by atoms with Gasteiger partial charge in [-0.1, -0.05) is 12.1 Å². The standard InChI is InChI=1S/C21H31N5/c1-16-5-4-6-20(17(16)2)26-13-9-19(10-14-26)25-11-7-18(8-12-25)21-23-22-15-24(21)3/h4-6,15,18-19H,7-14H2,1-3H3. The number of benzene rings is 1. The maximum absolute atomic E-state index is 4.32. The summed E-state index contributed by atoms with van der Waals surface area (Å²) in [4.78, 5) is 5.32. The van der Waals surface area contributed by atoms with Gasteiger partial charge in [-0.3, -0.25) is 0 Å². The first kappa shape index (κ1) is 17.5. The van der Waals surface area contributed by atoms with Crippen LogP contribution in [0.5, 0.6) is 0 Å². The molecular formula is C21H31N5. The summed E-state index contributed by atoms with van der Waals surface area (Å²) < 4.78 is 2.09. The molecule has 0 spiro atoms. The smallest absolute Gasteiger partial charge is 0.135 e. The molecule has 4 rings (SSSR count). The van der Waals surface area contributed by atoms with E-state index in [9.17, 15) is 0 Å². The lowest BCUT2D eigenvalue weighted by Crippen LogP contribution is -2.47. The fraction of sp³-hybridized carbons (Fsp3) is 0.619. The molecule has 0 aliphatic carbocycles. The highest BCUT2D eigenvalue weighted by atomic mass is 15.3. The van der Waals surface area contributed by atoms with Gasteiger partial charge in [0.1, 0.15) is 12.2 Å². The predicted molar refractivity (Wildman–Crippen MR) is 106 cm³/mol. The highest BCUT2D eigenvalue weighted by Crippen LogP contribution is 2.31. The number of aromatic nitrogens is 3. The lowest BCUT2D eigenvalue weighted by Gasteiger charge is -2.42. The largest absolute Gasteiger partial charge is 0.371 e. The van der Waals surface area contributed by atoms with Crippen LogP contribution in [0.25, 0.3) is 0 Å². The summed E-state index contributed by atoms with van der Waals surface area (Å²) in [6.45, 7) is 9.23. The summed E-state index contributed by atoms with van der Waals surface area (Å²) in [7, 11) is 2.06. The van der Waals surface area contributed by atoms with Crippen molar-refractivity contribution in [2.45, 2.75) is 51.5 Å². The lowest BCUT2D eigenvalue weighted by molar-refractivity contribution is 0.129. The van der Waals surface area contributed by atoms with E-state index in [1.807, 2.05) is 6.33 Å². The molecular weight excluding hydrogens is 322 g/mol. The van der Waals surface area contributed by atoms with E-state index in [1.165, 1.54) is 68.7 Å². The van der Waals surface area contributed by atoms with Gasteiger partial charge in [0.2, 0.25) is 0 Å². The first-order valence-electron chi connectivity index (χ1n) is 10.0. The van der Waals surface area contributed by atoms with Crippen molar-refractivity contribution in [3.05, 3.63) is 41.5 Å². The second-order valence-electron chi connectivity index (χ2n) is 8.05. The van der Waals surface area contributed by atoms with Crippen LogP contribution < -0.4 is 4.90 Å². The van der Waals surface area contributed by atoms with Gasteiger partial charge in [-0.05, 0) is 69.8 Å². The topological polar surface area (TPSA) is 37.2 Å². The Morgan fingerprint density at radius 3 is 2.35 bits per heavy atom. The third-order valence-corrected chi connectivity index (χ3v) is 6.54. The molecule has 140 valence electrons. The molecule has 2 aliphatic heterocycles. The van der Waals surface area contributed by atoms with Gasteiger partial charge in [-0.2, -0.15) is 0 Å². The molecule has 5 heteroatoms. The third-order valence-electron chi connectivity index (χ3n) is 6.54. The summed E-state index contributed by atoms with van der Waals surface area (Å²) in [5, 5.41) is 8.37. The van der Waals surface area contributed by atoms with Crippen LogP contribution in [-0.2, 0) is 7.05 Å². The molecule has 0 N–H and O–H groups in total. The maximum atomic E-state index is 4.32. The van der Waals surface area contributed by atoms with Crippen LogP contribution in [0.15, 0.2) is 24.5 Å². The normalized spacial score (nSPS) is 20.7. The minimum Gasteiger partial charge on any atom is -0.371 e. The number of hydrogen-bond donors (Lipinski definition) is 0. The Balaban J connectivity index is 1.32. The molecule has 3 heterocycles. The van der Waals surface area contributed by atoms with Crippen LogP contribution in [-0.4, -0.2) is 51.9 Å². The molecule has 0 atom stereocenters. The Hall–Kier alpha value is -1.88. The molecule has 1 aromatic carbocycles. The van der Waals surface area contributed by atoms with E-state index in [-0.39, 0.29) is 0 Å². The average Bonchev–Trinajstić information content (AvgIpc) is 3.10. The van der Waals surface area contributed by atoms with Crippen molar-refractivity contribution in [3.63, 3.8) is 0 Å². The van der Waals surface area contributed by atoms with Gasteiger partial charge >= 0.3 is 0 Å². The highest BCUT2D eigenvalue weighted by molar-refractivity contribution is 5.56. The minimum absolute atomic E-state index is 0.578. The van der Waals surface area contributed by atoms with E-state index in [2.05, 4.69) is 63.7 Å². The van der Waals surface area contributed by atoms with Crippen molar-refractivity contribution in [2.75, 3.05) is 31.1 Å². The minimum atomic E-state index is 0.578. The predicted octanol–water partition coefficient (Wildman–Crippen LogP) is 3.28. The van der Waals surface area contributed by atoms with E-state index >= 15 is 0 Å². The van der Waals surface area contributed by atoms with Gasteiger partial charge in [-0.15, -0.1) is 10.2 Å². The van der Waals surface area contributed by atoms with Gasteiger partial charge < -0.3 is 14.4 Å². The van der Waals surface area contributed by atoms with E-state index in [0.29, 0.717) is 5.92 Å². The second kappa shape index (κ2) is 7.39. The number of aryl methyl sites for hydroxylation is 2. The molecule has 2 aliphatic rings. The molecule has 0 saturated carbocycles. The Kier molecular flexibility index (Phi) is 4.98. The van der Waals surface area contributed by atoms with Crippen LogP contribution in [0.4, 0.5) is 5.69 Å². The Labute approximate surface area is 157 Å². The molecule has 2 fully saturated rings. The zero-order valence-electron chi connectivity index (χ0n) is 16.4. The maximum Gasteiger partial charge on any atom is 0.135 e. The van der Waals surface area contributed by atoms with Crippen molar-refractivity contribution < 1.29 is 0 Å². The van der Waals surface area contributed by atoms with Gasteiger partial charge in [-0.25, -0.2) is 0 Å². The molecule has 0 amide bonds. The van der Waals surface area contributed by atoms with Crippen molar-refractivity contribution in [1.29, 1.82) is 0 Å². The number of nitrogens with zero attached hydrogens (tertiary/aromatic N) is 5. The van der Waals surface area contributed by atoms with Crippen molar-refractivity contribution >= 4 is 5.69 Å². The van der Waals surface area contributed by atoms with Gasteiger partial charge in [0.25, 0.3) is 0 Å². The van der Waals surface area contributed by atoms with Crippen LogP contribution >= 0.6 is 0 Å². The molecule has 26 heavy (non-hydrogen) atoms.